The fourth-order valence-corrected chi connectivity index (χ4v) is 4.50. The van der Waals surface area contributed by atoms with Gasteiger partial charge in [0.15, 0.2) is 5.43 Å². The zero-order valence-electron chi connectivity index (χ0n) is 16.2. The molecular formula is C22H16FN3O3S. The van der Waals surface area contributed by atoms with E-state index in [9.17, 15) is 14.0 Å². The van der Waals surface area contributed by atoms with Gasteiger partial charge in [0.2, 0.25) is 10.9 Å². The molecule has 8 heteroatoms. The van der Waals surface area contributed by atoms with Crippen molar-refractivity contribution in [2.24, 2.45) is 0 Å². The molecular weight excluding hydrogens is 405 g/mol. The van der Waals surface area contributed by atoms with E-state index in [0.29, 0.717) is 11.6 Å². The van der Waals surface area contributed by atoms with Gasteiger partial charge >= 0.3 is 0 Å². The number of carbonyl (C=O) groups is 1. The smallest absolute Gasteiger partial charge is 0.297 e. The van der Waals surface area contributed by atoms with E-state index in [4.69, 9.17) is 4.42 Å². The second kappa shape index (κ2) is 6.84. The Morgan fingerprint density at radius 2 is 1.90 bits per heavy atom. The standard InChI is InChI=1S/C22H16FN3O3S/c1-3-16-24-25-22(30-16)26-18(12-6-4-11(2)5-7-12)17-19(27)14-10-13(23)8-9-15(14)29-20(17)21(26)28/h4-10,18H,3H2,1-2H3. The van der Waals surface area contributed by atoms with E-state index in [1.54, 1.807) is 0 Å². The number of benzene rings is 2. The summed E-state index contributed by atoms with van der Waals surface area (Å²) in [7, 11) is 0. The van der Waals surface area contributed by atoms with Crippen molar-refractivity contribution in [1.82, 2.24) is 10.2 Å². The van der Waals surface area contributed by atoms with Crippen LogP contribution in [-0.4, -0.2) is 16.1 Å². The number of halogens is 1. The van der Waals surface area contributed by atoms with Gasteiger partial charge in [-0.15, -0.1) is 10.2 Å². The van der Waals surface area contributed by atoms with Crippen LogP contribution in [0.5, 0.6) is 0 Å². The van der Waals surface area contributed by atoms with Gasteiger partial charge in [-0.25, -0.2) is 4.39 Å². The molecule has 150 valence electrons. The Morgan fingerprint density at radius 3 is 2.60 bits per heavy atom. The Hall–Kier alpha value is -3.39. The van der Waals surface area contributed by atoms with Crippen LogP contribution in [0.15, 0.2) is 51.7 Å². The number of aryl methyl sites for hydroxylation is 2. The van der Waals surface area contributed by atoms with E-state index < -0.39 is 23.2 Å². The van der Waals surface area contributed by atoms with Crippen molar-refractivity contribution < 1.29 is 13.6 Å². The highest BCUT2D eigenvalue weighted by molar-refractivity contribution is 7.15. The maximum absolute atomic E-state index is 13.8. The number of fused-ring (bicyclic) bond motifs is 2. The second-order valence-electron chi connectivity index (χ2n) is 7.13. The van der Waals surface area contributed by atoms with Crippen LogP contribution in [0.4, 0.5) is 9.52 Å². The molecule has 0 aliphatic carbocycles. The lowest BCUT2D eigenvalue weighted by molar-refractivity contribution is 0.0970. The molecule has 4 aromatic rings. The largest absolute Gasteiger partial charge is 0.450 e. The van der Waals surface area contributed by atoms with Gasteiger partial charge in [-0.2, -0.15) is 0 Å². The maximum atomic E-state index is 13.8. The molecule has 0 spiro atoms. The minimum absolute atomic E-state index is 0.0436. The predicted molar refractivity (Wildman–Crippen MR) is 112 cm³/mol. The molecule has 30 heavy (non-hydrogen) atoms. The number of amides is 1. The van der Waals surface area contributed by atoms with Crippen LogP contribution < -0.4 is 10.3 Å². The highest BCUT2D eigenvalue weighted by Gasteiger charge is 2.45. The summed E-state index contributed by atoms with van der Waals surface area (Å²) in [5.74, 6) is -1.05. The predicted octanol–water partition coefficient (Wildman–Crippen LogP) is 4.40. The molecule has 0 saturated carbocycles. The molecule has 2 aromatic heterocycles. The summed E-state index contributed by atoms with van der Waals surface area (Å²) in [5, 5.41) is 9.58. The summed E-state index contributed by atoms with van der Waals surface area (Å²) in [6.45, 7) is 3.91. The van der Waals surface area contributed by atoms with Gasteiger partial charge in [0, 0.05) is 0 Å². The lowest BCUT2D eigenvalue weighted by atomic mass is 9.98. The first kappa shape index (κ1) is 18.6. The number of aromatic nitrogens is 2. The number of anilines is 1. The average Bonchev–Trinajstić information content (AvgIpc) is 3.32. The quantitative estimate of drug-likeness (QED) is 0.490. The Kier molecular flexibility index (Phi) is 4.25. The lowest BCUT2D eigenvalue weighted by Crippen LogP contribution is -2.29. The molecule has 0 radical (unpaired) electrons. The van der Waals surface area contributed by atoms with Crippen LogP contribution in [0.3, 0.4) is 0 Å². The maximum Gasteiger partial charge on any atom is 0.297 e. The highest BCUT2D eigenvalue weighted by Crippen LogP contribution is 2.42. The van der Waals surface area contributed by atoms with Gasteiger partial charge in [-0.1, -0.05) is 48.1 Å². The van der Waals surface area contributed by atoms with Crippen LogP contribution in [0.25, 0.3) is 11.0 Å². The van der Waals surface area contributed by atoms with Crippen molar-refractivity contribution in [1.29, 1.82) is 0 Å². The zero-order valence-corrected chi connectivity index (χ0v) is 17.0. The monoisotopic (exact) mass is 421 g/mol. The summed E-state index contributed by atoms with van der Waals surface area (Å²) in [6, 6.07) is 10.5. The van der Waals surface area contributed by atoms with Gasteiger partial charge in [0.1, 0.15) is 16.4 Å². The molecule has 0 saturated heterocycles. The van der Waals surface area contributed by atoms with E-state index in [-0.39, 0.29) is 22.3 Å². The lowest BCUT2D eigenvalue weighted by Gasteiger charge is -2.22. The first-order valence-corrected chi connectivity index (χ1v) is 10.3. The summed E-state index contributed by atoms with van der Waals surface area (Å²) < 4.78 is 19.6. The van der Waals surface area contributed by atoms with Crippen LogP contribution >= 0.6 is 11.3 Å². The summed E-state index contributed by atoms with van der Waals surface area (Å²) >= 11 is 1.30. The van der Waals surface area contributed by atoms with E-state index in [1.165, 1.54) is 28.4 Å². The van der Waals surface area contributed by atoms with Crippen molar-refractivity contribution in [2.75, 3.05) is 4.90 Å². The van der Waals surface area contributed by atoms with Gasteiger partial charge < -0.3 is 4.42 Å². The number of rotatable bonds is 3. The van der Waals surface area contributed by atoms with Crippen molar-refractivity contribution in [3.63, 3.8) is 0 Å². The fourth-order valence-electron chi connectivity index (χ4n) is 3.69. The average molecular weight is 421 g/mol. The van der Waals surface area contributed by atoms with E-state index in [0.717, 1.165) is 22.2 Å². The Bertz CT molecular complexity index is 1360. The first-order chi connectivity index (χ1) is 14.5. The van der Waals surface area contributed by atoms with Gasteiger partial charge in [0.05, 0.1) is 17.0 Å². The Balaban J connectivity index is 1.80. The van der Waals surface area contributed by atoms with Crippen LogP contribution in [-0.2, 0) is 6.42 Å². The van der Waals surface area contributed by atoms with Crippen molar-refractivity contribution in [2.45, 2.75) is 26.3 Å². The fraction of sp³-hybridized carbons (Fsp3) is 0.182. The Morgan fingerprint density at radius 1 is 1.13 bits per heavy atom. The highest BCUT2D eigenvalue weighted by atomic mass is 32.1. The normalized spacial score (nSPS) is 15.8. The first-order valence-electron chi connectivity index (χ1n) is 9.46. The molecule has 1 aliphatic heterocycles. The molecule has 0 bridgehead atoms. The van der Waals surface area contributed by atoms with Crippen LogP contribution in [0, 0.1) is 12.7 Å². The molecule has 5 rings (SSSR count). The van der Waals surface area contributed by atoms with E-state index >= 15 is 0 Å². The zero-order chi connectivity index (χ0) is 21.0. The summed E-state index contributed by atoms with van der Waals surface area (Å²) in [6.07, 6.45) is 0.683. The molecule has 3 heterocycles. The molecule has 1 unspecified atom stereocenters. The van der Waals surface area contributed by atoms with Crippen molar-refractivity contribution >= 4 is 33.3 Å². The van der Waals surface area contributed by atoms with E-state index in [2.05, 4.69) is 10.2 Å². The second-order valence-corrected chi connectivity index (χ2v) is 8.18. The molecule has 1 atom stereocenters. The molecule has 1 amide bonds. The van der Waals surface area contributed by atoms with Gasteiger partial charge in [0.25, 0.3) is 5.91 Å². The molecule has 6 nitrogen and oxygen atoms in total. The van der Waals surface area contributed by atoms with Crippen LogP contribution in [0.1, 0.15) is 45.2 Å². The van der Waals surface area contributed by atoms with E-state index in [1.807, 2.05) is 38.1 Å². The third-order valence-electron chi connectivity index (χ3n) is 5.19. The molecule has 2 aromatic carbocycles. The third-order valence-corrected chi connectivity index (χ3v) is 6.26. The van der Waals surface area contributed by atoms with Crippen molar-refractivity contribution in [3.05, 3.63) is 86.0 Å². The van der Waals surface area contributed by atoms with Crippen LogP contribution in [0.2, 0.25) is 0 Å². The third kappa shape index (κ3) is 2.75. The number of carbonyl (C=O) groups excluding carboxylic acids is 1. The topological polar surface area (TPSA) is 76.3 Å². The van der Waals surface area contributed by atoms with Gasteiger partial charge in [-0.05, 0) is 37.1 Å². The minimum Gasteiger partial charge on any atom is -0.450 e. The molecule has 0 N–H and O–H groups in total. The minimum atomic E-state index is -0.727. The summed E-state index contributed by atoms with van der Waals surface area (Å²) in [4.78, 5) is 28.2. The molecule has 1 aliphatic rings. The summed E-state index contributed by atoms with van der Waals surface area (Å²) in [5.41, 5.74) is 1.72. The molecule has 0 fully saturated rings. The number of nitrogens with zero attached hydrogens (tertiary/aromatic N) is 3. The SMILES string of the molecule is CCc1nnc(N2C(=O)c3oc4ccc(F)cc4c(=O)c3C2c2ccc(C)cc2)s1. The number of hydrogen-bond acceptors (Lipinski definition) is 6. The number of hydrogen-bond donors (Lipinski definition) is 0. The Labute approximate surface area is 174 Å². The van der Waals surface area contributed by atoms with Gasteiger partial charge in [-0.3, -0.25) is 14.5 Å². The van der Waals surface area contributed by atoms with Crippen molar-refractivity contribution in [3.8, 4) is 0 Å².